The molecule has 0 spiro atoms. The quantitative estimate of drug-likeness (QED) is 0.208. The third kappa shape index (κ3) is 8.54. The number of hydrogen-bond acceptors (Lipinski definition) is 4. The summed E-state index contributed by atoms with van der Waals surface area (Å²) in [5, 5.41) is 2.98. The fourth-order valence-electron chi connectivity index (χ4n) is 4.84. The topological polar surface area (TPSA) is 86.8 Å². The van der Waals surface area contributed by atoms with Crippen LogP contribution in [-0.4, -0.2) is 44.3 Å². The normalized spacial score (nSPS) is 12.0. The van der Waals surface area contributed by atoms with Crippen molar-refractivity contribution in [1.82, 2.24) is 10.2 Å². The van der Waals surface area contributed by atoms with Crippen LogP contribution in [0.15, 0.2) is 114 Å². The highest BCUT2D eigenvalue weighted by Crippen LogP contribution is 2.25. The van der Waals surface area contributed by atoms with Crippen molar-refractivity contribution in [3.05, 3.63) is 132 Å². The highest BCUT2D eigenvalue weighted by Gasteiger charge is 2.34. The number of anilines is 1. The Morgan fingerprint density at radius 2 is 1.43 bits per heavy atom. The predicted octanol–water partition coefficient (Wildman–Crippen LogP) is 5.74. The molecule has 1 N–H and O–H groups in total. The second kappa shape index (κ2) is 14.8. The summed E-state index contributed by atoms with van der Waals surface area (Å²) in [6.07, 6.45) is 0.226. The largest absolute Gasteiger partial charge is 0.354 e. The summed E-state index contributed by atoms with van der Waals surface area (Å²) in [5.41, 5.74) is 2.76. The second-order valence-electron chi connectivity index (χ2n) is 11.2. The van der Waals surface area contributed by atoms with Gasteiger partial charge in [0, 0.05) is 19.5 Å². The number of carbonyl (C=O) groups excluding carboxylic acids is 2. The van der Waals surface area contributed by atoms with Gasteiger partial charge in [0.05, 0.1) is 10.6 Å². The maximum atomic E-state index is 14.4. The predicted molar refractivity (Wildman–Crippen MR) is 171 cm³/mol. The van der Waals surface area contributed by atoms with Crippen LogP contribution in [-0.2, 0) is 32.6 Å². The van der Waals surface area contributed by atoms with Crippen LogP contribution in [0, 0.1) is 18.7 Å². The molecule has 1 atom stereocenters. The molecule has 0 bridgehead atoms. The standard InChI is InChI=1S/C35H38FN3O4S/c1-26(2)23-37-35(41)33(22-28-12-6-4-7-13-28)38(24-29-14-10-11-27(3)21-29)34(40)25-39(31-19-17-30(36)18-20-31)44(42,43)32-15-8-5-9-16-32/h4-21,26,33H,22-25H2,1-3H3,(H,37,41). The Labute approximate surface area is 259 Å². The van der Waals surface area contributed by atoms with Gasteiger partial charge in [0.25, 0.3) is 10.0 Å². The van der Waals surface area contributed by atoms with E-state index in [-0.39, 0.29) is 35.4 Å². The first-order valence-corrected chi connectivity index (χ1v) is 16.0. The molecular formula is C35H38FN3O4S. The van der Waals surface area contributed by atoms with Crippen LogP contribution in [0.1, 0.15) is 30.5 Å². The fourth-order valence-corrected chi connectivity index (χ4v) is 6.27. The summed E-state index contributed by atoms with van der Waals surface area (Å²) in [7, 11) is -4.24. The lowest BCUT2D eigenvalue weighted by Crippen LogP contribution is -2.53. The van der Waals surface area contributed by atoms with E-state index in [1.165, 1.54) is 29.2 Å². The van der Waals surface area contributed by atoms with Crippen molar-refractivity contribution in [2.24, 2.45) is 5.92 Å². The van der Waals surface area contributed by atoms with Gasteiger partial charge in [0.15, 0.2) is 0 Å². The van der Waals surface area contributed by atoms with E-state index in [4.69, 9.17) is 0 Å². The van der Waals surface area contributed by atoms with Crippen molar-refractivity contribution >= 4 is 27.5 Å². The molecule has 44 heavy (non-hydrogen) atoms. The lowest BCUT2D eigenvalue weighted by Gasteiger charge is -2.34. The number of nitrogens with zero attached hydrogens (tertiary/aromatic N) is 2. The summed E-state index contributed by atoms with van der Waals surface area (Å²) < 4.78 is 42.7. The highest BCUT2D eigenvalue weighted by atomic mass is 32.2. The van der Waals surface area contributed by atoms with Gasteiger partial charge in [-0.15, -0.1) is 0 Å². The highest BCUT2D eigenvalue weighted by molar-refractivity contribution is 7.92. The summed E-state index contributed by atoms with van der Waals surface area (Å²) in [6.45, 7) is 5.80. The van der Waals surface area contributed by atoms with Crippen molar-refractivity contribution < 1.29 is 22.4 Å². The molecule has 1 unspecified atom stereocenters. The Kier molecular flexibility index (Phi) is 10.9. The van der Waals surface area contributed by atoms with Crippen molar-refractivity contribution in [2.75, 3.05) is 17.4 Å². The van der Waals surface area contributed by atoms with Gasteiger partial charge in [-0.1, -0.05) is 92.2 Å². The van der Waals surface area contributed by atoms with Gasteiger partial charge in [0.1, 0.15) is 18.4 Å². The molecule has 4 aromatic rings. The number of sulfonamides is 1. The summed E-state index contributed by atoms with van der Waals surface area (Å²) in [4.78, 5) is 29.6. The van der Waals surface area contributed by atoms with Gasteiger partial charge >= 0.3 is 0 Å². The van der Waals surface area contributed by atoms with E-state index < -0.39 is 34.3 Å². The summed E-state index contributed by atoms with van der Waals surface area (Å²) >= 11 is 0. The molecule has 0 radical (unpaired) electrons. The van der Waals surface area contributed by atoms with Gasteiger partial charge < -0.3 is 10.2 Å². The molecule has 230 valence electrons. The fraction of sp³-hybridized carbons (Fsp3) is 0.257. The lowest BCUT2D eigenvalue weighted by atomic mass is 10.0. The molecule has 0 saturated heterocycles. The van der Waals surface area contributed by atoms with Gasteiger partial charge in [-0.25, -0.2) is 12.8 Å². The maximum Gasteiger partial charge on any atom is 0.264 e. The average Bonchev–Trinajstić information content (AvgIpc) is 3.01. The van der Waals surface area contributed by atoms with Crippen LogP contribution in [0.4, 0.5) is 10.1 Å². The Hall–Kier alpha value is -4.50. The van der Waals surface area contributed by atoms with E-state index in [9.17, 15) is 22.4 Å². The molecule has 0 aliphatic rings. The van der Waals surface area contributed by atoms with Crippen molar-refractivity contribution in [1.29, 1.82) is 0 Å². The number of hydrogen-bond donors (Lipinski definition) is 1. The van der Waals surface area contributed by atoms with Crippen LogP contribution in [0.25, 0.3) is 0 Å². The number of amides is 2. The molecule has 4 aromatic carbocycles. The summed E-state index contributed by atoms with van der Waals surface area (Å²) in [6, 6.07) is 28.8. The molecule has 2 amide bonds. The molecule has 0 saturated carbocycles. The lowest BCUT2D eigenvalue weighted by molar-refractivity contribution is -0.140. The van der Waals surface area contributed by atoms with Crippen LogP contribution in [0.2, 0.25) is 0 Å². The minimum Gasteiger partial charge on any atom is -0.354 e. The van der Waals surface area contributed by atoms with Crippen LogP contribution < -0.4 is 9.62 Å². The van der Waals surface area contributed by atoms with E-state index in [0.717, 1.165) is 33.1 Å². The van der Waals surface area contributed by atoms with Gasteiger partial charge in [-0.05, 0) is 60.4 Å². The zero-order valence-corrected chi connectivity index (χ0v) is 26.0. The van der Waals surface area contributed by atoms with Crippen molar-refractivity contribution in [3.63, 3.8) is 0 Å². The Bertz CT molecular complexity index is 1650. The SMILES string of the molecule is Cc1cccc(CN(C(=O)CN(c2ccc(F)cc2)S(=O)(=O)c2ccccc2)C(Cc2ccccc2)C(=O)NCC(C)C)c1. The number of rotatable bonds is 13. The van der Waals surface area contributed by atoms with E-state index in [1.807, 2.05) is 75.4 Å². The number of nitrogens with one attached hydrogen (secondary N) is 1. The van der Waals surface area contributed by atoms with E-state index in [0.29, 0.717) is 6.54 Å². The third-order valence-corrected chi connectivity index (χ3v) is 8.90. The molecule has 4 rings (SSSR count). The Morgan fingerprint density at radius 1 is 0.818 bits per heavy atom. The van der Waals surface area contributed by atoms with Gasteiger partial charge in [-0.3, -0.25) is 13.9 Å². The van der Waals surface area contributed by atoms with E-state index in [1.54, 1.807) is 18.2 Å². The molecule has 0 fully saturated rings. The third-order valence-electron chi connectivity index (χ3n) is 7.12. The van der Waals surface area contributed by atoms with Crippen molar-refractivity contribution in [3.8, 4) is 0 Å². The Balaban J connectivity index is 1.79. The van der Waals surface area contributed by atoms with Crippen LogP contribution >= 0.6 is 0 Å². The first-order valence-electron chi connectivity index (χ1n) is 14.5. The zero-order valence-electron chi connectivity index (χ0n) is 25.2. The minimum atomic E-state index is -4.24. The monoisotopic (exact) mass is 615 g/mol. The average molecular weight is 616 g/mol. The minimum absolute atomic E-state index is 0.0159. The summed E-state index contributed by atoms with van der Waals surface area (Å²) in [5.74, 6) is -1.26. The van der Waals surface area contributed by atoms with Crippen LogP contribution in [0.5, 0.6) is 0 Å². The van der Waals surface area contributed by atoms with Gasteiger partial charge in [-0.2, -0.15) is 0 Å². The first-order chi connectivity index (χ1) is 21.0. The van der Waals surface area contributed by atoms with E-state index >= 15 is 0 Å². The number of carbonyl (C=O) groups is 2. The molecule has 0 aromatic heterocycles. The first kappa shape index (κ1) is 32.4. The van der Waals surface area contributed by atoms with Crippen molar-refractivity contribution in [2.45, 2.75) is 44.7 Å². The molecule has 7 nitrogen and oxygen atoms in total. The number of halogens is 1. The smallest absolute Gasteiger partial charge is 0.264 e. The van der Waals surface area contributed by atoms with E-state index in [2.05, 4.69) is 5.32 Å². The number of benzene rings is 4. The molecule has 9 heteroatoms. The second-order valence-corrected chi connectivity index (χ2v) is 13.0. The number of aryl methyl sites for hydroxylation is 1. The maximum absolute atomic E-state index is 14.4. The molecule has 0 aliphatic carbocycles. The molecular weight excluding hydrogens is 577 g/mol. The molecule has 0 aliphatic heterocycles. The van der Waals surface area contributed by atoms with Crippen LogP contribution in [0.3, 0.4) is 0 Å². The zero-order chi connectivity index (χ0) is 31.7. The molecule has 0 heterocycles. The Morgan fingerprint density at radius 3 is 2.05 bits per heavy atom. The van der Waals surface area contributed by atoms with Gasteiger partial charge in [0.2, 0.25) is 11.8 Å².